The highest BCUT2D eigenvalue weighted by Crippen LogP contribution is 2.23. The fourth-order valence-corrected chi connectivity index (χ4v) is 5.16. The van der Waals surface area contributed by atoms with E-state index in [2.05, 4.69) is 15.0 Å². The van der Waals surface area contributed by atoms with Crippen LogP contribution in [-0.2, 0) is 19.6 Å². The van der Waals surface area contributed by atoms with Crippen LogP contribution in [0.4, 0.5) is 0 Å². The maximum atomic E-state index is 13.0. The number of benzene rings is 2. The van der Waals surface area contributed by atoms with Gasteiger partial charge in [0.05, 0.1) is 11.4 Å². The number of carbonyl (C=O) groups is 2. The molecule has 1 fully saturated rings. The predicted octanol–water partition coefficient (Wildman–Crippen LogP) is 0.915. The maximum absolute atomic E-state index is 13.0. The number of piperidine rings is 1. The third-order valence-electron chi connectivity index (χ3n) is 6.06. The number of nitrogens with one attached hydrogen (secondary N) is 2. The number of rotatable bonds is 10. The van der Waals surface area contributed by atoms with Gasteiger partial charge in [-0.1, -0.05) is 37.3 Å². The van der Waals surface area contributed by atoms with Crippen molar-refractivity contribution in [3.8, 4) is 0 Å². The number of hydrogen-bond acceptors (Lipinski definition) is 5. The molecule has 0 radical (unpaired) electrons. The molecule has 3 rings (SSSR count). The Labute approximate surface area is 206 Å². The van der Waals surface area contributed by atoms with E-state index in [0.29, 0.717) is 32.5 Å². The molecule has 0 bridgehead atoms. The molecule has 6 N–H and O–H groups in total. The number of carbonyl (C=O) groups excluding carboxylic acids is 2. The van der Waals surface area contributed by atoms with Crippen LogP contribution in [-0.4, -0.2) is 63.3 Å². The second-order valence-electron chi connectivity index (χ2n) is 8.88. The van der Waals surface area contributed by atoms with Crippen molar-refractivity contribution in [2.45, 2.75) is 43.5 Å². The van der Waals surface area contributed by atoms with Crippen molar-refractivity contribution in [2.24, 2.45) is 22.4 Å². The first-order chi connectivity index (χ1) is 16.7. The van der Waals surface area contributed by atoms with Crippen molar-refractivity contribution in [2.75, 3.05) is 26.2 Å². The minimum atomic E-state index is -3.89. The van der Waals surface area contributed by atoms with Crippen molar-refractivity contribution < 1.29 is 18.0 Å². The van der Waals surface area contributed by atoms with Crippen LogP contribution in [0.1, 0.15) is 32.6 Å². The molecule has 0 unspecified atom stereocenters. The molecule has 190 valence electrons. The van der Waals surface area contributed by atoms with Gasteiger partial charge in [-0.15, -0.1) is 0 Å². The normalized spacial score (nSPS) is 18.3. The number of amides is 2. The first-order valence-electron chi connectivity index (χ1n) is 11.8. The molecule has 0 aromatic heterocycles. The van der Waals surface area contributed by atoms with Crippen LogP contribution in [0.25, 0.3) is 10.8 Å². The molecule has 1 saturated heterocycles. The Hall–Kier alpha value is -3.18. The Morgan fingerprint density at radius 1 is 1.09 bits per heavy atom. The zero-order chi connectivity index (χ0) is 25.4. The van der Waals surface area contributed by atoms with Gasteiger partial charge < -0.3 is 21.7 Å². The third-order valence-corrected chi connectivity index (χ3v) is 7.46. The molecule has 2 amide bonds. The first kappa shape index (κ1) is 26.4. The first-order valence-corrected chi connectivity index (χ1v) is 13.3. The van der Waals surface area contributed by atoms with Crippen molar-refractivity contribution >= 4 is 38.6 Å². The number of likely N-dealkylation sites (tertiary alicyclic amines) is 1. The number of hydrogen-bond donors (Lipinski definition) is 4. The Bertz CT molecular complexity index is 1180. The van der Waals surface area contributed by atoms with E-state index < -0.39 is 28.5 Å². The molecule has 10 nitrogen and oxygen atoms in total. The number of unbranched alkanes of at least 4 members (excludes halogenated alkanes) is 1. The summed E-state index contributed by atoms with van der Waals surface area (Å²) in [5.41, 5.74) is 10.6. The molecule has 0 saturated carbocycles. The van der Waals surface area contributed by atoms with Crippen molar-refractivity contribution in [1.29, 1.82) is 0 Å². The fourth-order valence-electron chi connectivity index (χ4n) is 4.15. The third kappa shape index (κ3) is 7.40. The molecular weight excluding hydrogens is 468 g/mol. The molecule has 1 aliphatic heterocycles. The molecule has 0 aliphatic carbocycles. The van der Waals surface area contributed by atoms with E-state index in [-0.39, 0.29) is 22.7 Å². The minimum Gasteiger partial charge on any atom is -0.370 e. The molecule has 2 atom stereocenters. The zero-order valence-electron chi connectivity index (χ0n) is 19.9. The number of fused-ring (bicyclic) bond motifs is 1. The summed E-state index contributed by atoms with van der Waals surface area (Å²) in [4.78, 5) is 31.3. The molecule has 35 heavy (non-hydrogen) atoms. The Kier molecular flexibility index (Phi) is 9.05. The second kappa shape index (κ2) is 12.0. The molecule has 2 aromatic carbocycles. The summed E-state index contributed by atoms with van der Waals surface area (Å²) < 4.78 is 28.1. The minimum absolute atomic E-state index is 0.0377. The summed E-state index contributed by atoms with van der Waals surface area (Å²) in [6.45, 7) is 2.93. The van der Waals surface area contributed by atoms with Crippen LogP contribution in [0.2, 0.25) is 0 Å². The maximum Gasteiger partial charge on any atom is 0.242 e. The lowest BCUT2D eigenvalue weighted by atomic mass is 9.93. The smallest absolute Gasteiger partial charge is 0.242 e. The highest BCUT2D eigenvalue weighted by Gasteiger charge is 2.34. The van der Waals surface area contributed by atoms with E-state index in [1.54, 1.807) is 12.1 Å². The van der Waals surface area contributed by atoms with Gasteiger partial charge in [0.15, 0.2) is 5.96 Å². The van der Waals surface area contributed by atoms with E-state index in [9.17, 15) is 18.0 Å². The fraction of sp³-hybridized carbons (Fsp3) is 0.458. The topological polar surface area (TPSA) is 160 Å². The largest absolute Gasteiger partial charge is 0.370 e. The van der Waals surface area contributed by atoms with E-state index in [4.69, 9.17) is 11.5 Å². The number of nitrogens with zero attached hydrogens (tertiary/aromatic N) is 2. The van der Waals surface area contributed by atoms with Gasteiger partial charge in [-0.25, -0.2) is 13.1 Å². The second-order valence-corrected chi connectivity index (χ2v) is 10.6. The van der Waals surface area contributed by atoms with Gasteiger partial charge in [0.2, 0.25) is 21.8 Å². The standard InChI is InChI=1S/C24H34N6O4S/c1-17-8-11-21(23(32)27-12-4-5-13-28-24(25)26)30(16-17)22(31)15-29-35(33,34)20-10-9-18-6-2-3-7-19(18)14-20/h2-3,6-7,9-10,14,17,21,29H,4-5,8,11-13,15-16H2,1H3,(H,27,32)(H4,25,26,28)/t17-,21+/m1/s1. The lowest BCUT2D eigenvalue weighted by Gasteiger charge is -2.37. The summed E-state index contributed by atoms with van der Waals surface area (Å²) >= 11 is 0. The van der Waals surface area contributed by atoms with Crippen LogP contribution in [0, 0.1) is 5.92 Å². The van der Waals surface area contributed by atoms with Gasteiger partial charge in [0.25, 0.3) is 0 Å². The average molecular weight is 503 g/mol. The summed E-state index contributed by atoms with van der Waals surface area (Å²) in [5.74, 6) is -0.395. The summed E-state index contributed by atoms with van der Waals surface area (Å²) in [6.07, 6.45) is 2.77. The van der Waals surface area contributed by atoms with E-state index in [1.165, 1.54) is 11.0 Å². The number of guanidine groups is 1. The molecule has 11 heteroatoms. The van der Waals surface area contributed by atoms with Crippen LogP contribution in [0.15, 0.2) is 52.4 Å². The zero-order valence-corrected chi connectivity index (χ0v) is 20.8. The van der Waals surface area contributed by atoms with E-state index in [1.807, 2.05) is 31.2 Å². The van der Waals surface area contributed by atoms with Gasteiger partial charge in [-0.05, 0) is 54.5 Å². The van der Waals surface area contributed by atoms with Crippen LogP contribution in [0.3, 0.4) is 0 Å². The Morgan fingerprint density at radius 3 is 2.57 bits per heavy atom. The Balaban J connectivity index is 1.58. The van der Waals surface area contributed by atoms with E-state index >= 15 is 0 Å². The molecular formula is C24H34N6O4S. The quantitative estimate of drug-likeness (QED) is 0.215. The number of aliphatic imine (C=N–C) groups is 1. The van der Waals surface area contributed by atoms with Crippen LogP contribution < -0.4 is 21.5 Å². The van der Waals surface area contributed by atoms with Gasteiger partial charge in [0, 0.05) is 19.6 Å². The van der Waals surface area contributed by atoms with Gasteiger partial charge in [-0.2, -0.15) is 0 Å². The number of nitrogens with two attached hydrogens (primary N) is 2. The van der Waals surface area contributed by atoms with Gasteiger partial charge in [-0.3, -0.25) is 14.6 Å². The molecule has 0 spiro atoms. The lowest BCUT2D eigenvalue weighted by Crippen LogP contribution is -2.55. The molecule has 2 aromatic rings. The summed E-state index contributed by atoms with van der Waals surface area (Å²) in [5, 5.41) is 4.59. The van der Waals surface area contributed by atoms with Crippen LogP contribution in [0.5, 0.6) is 0 Å². The molecule has 1 heterocycles. The van der Waals surface area contributed by atoms with Gasteiger partial charge >= 0.3 is 0 Å². The summed E-state index contributed by atoms with van der Waals surface area (Å²) in [7, 11) is -3.89. The Morgan fingerprint density at radius 2 is 1.83 bits per heavy atom. The SMILES string of the molecule is C[C@@H]1CC[C@@H](C(=O)NCCCCN=C(N)N)N(C(=O)CNS(=O)(=O)c2ccc3ccccc3c2)C1. The average Bonchev–Trinajstić information content (AvgIpc) is 2.84. The lowest BCUT2D eigenvalue weighted by molar-refractivity contribution is -0.142. The highest BCUT2D eigenvalue weighted by atomic mass is 32.2. The van der Waals surface area contributed by atoms with Crippen molar-refractivity contribution in [3.63, 3.8) is 0 Å². The molecule has 1 aliphatic rings. The predicted molar refractivity (Wildman–Crippen MR) is 136 cm³/mol. The highest BCUT2D eigenvalue weighted by molar-refractivity contribution is 7.89. The monoisotopic (exact) mass is 502 g/mol. The van der Waals surface area contributed by atoms with Crippen molar-refractivity contribution in [3.05, 3.63) is 42.5 Å². The van der Waals surface area contributed by atoms with Crippen LogP contribution >= 0.6 is 0 Å². The van der Waals surface area contributed by atoms with E-state index in [0.717, 1.165) is 23.6 Å². The van der Waals surface area contributed by atoms with Gasteiger partial charge in [0.1, 0.15) is 6.04 Å². The number of sulfonamides is 1. The summed E-state index contributed by atoms with van der Waals surface area (Å²) in [6, 6.07) is 11.6. The van der Waals surface area contributed by atoms with Crippen molar-refractivity contribution in [1.82, 2.24) is 14.9 Å².